The lowest BCUT2D eigenvalue weighted by atomic mass is 10.1. The molecule has 0 fully saturated rings. The minimum Gasteiger partial charge on any atom is -0.454 e. The SMILES string of the molecule is NCCc1ccc(Oc2ccc(Br)cc2F)cc1Cl. The lowest BCUT2D eigenvalue weighted by Crippen LogP contribution is -2.03. The first-order valence-electron chi connectivity index (χ1n) is 5.71. The van der Waals surface area contributed by atoms with Crippen LogP contribution in [0.5, 0.6) is 11.5 Å². The van der Waals surface area contributed by atoms with Crippen molar-refractivity contribution in [3.8, 4) is 11.5 Å². The van der Waals surface area contributed by atoms with Gasteiger partial charge in [0.25, 0.3) is 0 Å². The van der Waals surface area contributed by atoms with Crippen LogP contribution in [-0.2, 0) is 6.42 Å². The van der Waals surface area contributed by atoms with Crippen LogP contribution in [-0.4, -0.2) is 6.54 Å². The van der Waals surface area contributed by atoms with Gasteiger partial charge in [0.2, 0.25) is 0 Å². The molecule has 2 N–H and O–H groups in total. The van der Waals surface area contributed by atoms with Gasteiger partial charge < -0.3 is 10.5 Å². The molecule has 0 saturated heterocycles. The highest BCUT2D eigenvalue weighted by atomic mass is 79.9. The van der Waals surface area contributed by atoms with Gasteiger partial charge in [-0.3, -0.25) is 0 Å². The quantitative estimate of drug-likeness (QED) is 0.884. The topological polar surface area (TPSA) is 35.2 Å². The average molecular weight is 345 g/mol. The summed E-state index contributed by atoms with van der Waals surface area (Å²) in [6, 6.07) is 9.86. The van der Waals surface area contributed by atoms with E-state index in [1.165, 1.54) is 6.07 Å². The standard InChI is InChI=1S/C14H12BrClFNO/c15-10-2-4-14(13(17)7-10)19-11-3-1-9(5-6-18)12(16)8-11/h1-4,7-8H,5-6,18H2. The van der Waals surface area contributed by atoms with Crippen LogP contribution in [0, 0.1) is 5.82 Å². The second kappa shape index (κ2) is 6.37. The number of hydrogen-bond acceptors (Lipinski definition) is 2. The molecule has 0 amide bonds. The van der Waals surface area contributed by atoms with E-state index < -0.39 is 5.82 Å². The monoisotopic (exact) mass is 343 g/mol. The Bertz CT molecular complexity index is 592. The molecular weight excluding hydrogens is 333 g/mol. The van der Waals surface area contributed by atoms with Crippen molar-refractivity contribution in [1.29, 1.82) is 0 Å². The van der Waals surface area contributed by atoms with Crippen molar-refractivity contribution >= 4 is 27.5 Å². The van der Waals surface area contributed by atoms with E-state index in [2.05, 4.69) is 15.9 Å². The minimum absolute atomic E-state index is 0.158. The van der Waals surface area contributed by atoms with Gasteiger partial charge >= 0.3 is 0 Å². The van der Waals surface area contributed by atoms with Gasteiger partial charge in [-0.05, 0) is 48.9 Å². The molecule has 100 valence electrons. The van der Waals surface area contributed by atoms with E-state index in [4.69, 9.17) is 22.1 Å². The van der Waals surface area contributed by atoms with Crippen LogP contribution >= 0.6 is 27.5 Å². The van der Waals surface area contributed by atoms with Crippen molar-refractivity contribution in [2.75, 3.05) is 6.54 Å². The van der Waals surface area contributed by atoms with Crippen LogP contribution in [0.1, 0.15) is 5.56 Å². The summed E-state index contributed by atoms with van der Waals surface area (Å²) >= 11 is 9.29. The molecule has 0 unspecified atom stereocenters. The molecule has 0 aliphatic carbocycles. The molecule has 2 nitrogen and oxygen atoms in total. The normalized spacial score (nSPS) is 10.5. The zero-order chi connectivity index (χ0) is 13.8. The Labute approximate surface area is 124 Å². The maximum absolute atomic E-state index is 13.6. The first-order valence-corrected chi connectivity index (χ1v) is 6.88. The highest BCUT2D eigenvalue weighted by molar-refractivity contribution is 9.10. The third kappa shape index (κ3) is 3.69. The lowest BCUT2D eigenvalue weighted by molar-refractivity contribution is 0.442. The summed E-state index contributed by atoms with van der Waals surface area (Å²) < 4.78 is 19.8. The molecule has 19 heavy (non-hydrogen) atoms. The molecule has 0 aliphatic rings. The Morgan fingerprint density at radius 3 is 2.63 bits per heavy atom. The van der Waals surface area contributed by atoms with Gasteiger partial charge in [-0.2, -0.15) is 0 Å². The molecular formula is C14H12BrClFNO. The molecule has 0 spiro atoms. The predicted molar refractivity (Wildman–Crippen MR) is 78.4 cm³/mol. The number of rotatable bonds is 4. The van der Waals surface area contributed by atoms with Gasteiger partial charge in [0, 0.05) is 9.50 Å². The second-order valence-electron chi connectivity index (χ2n) is 3.97. The van der Waals surface area contributed by atoms with E-state index >= 15 is 0 Å². The van der Waals surface area contributed by atoms with Gasteiger partial charge in [-0.15, -0.1) is 0 Å². The third-order valence-electron chi connectivity index (χ3n) is 2.56. The van der Waals surface area contributed by atoms with Gasteiger partial charge in [0.05, 0.1) is 0 Å². The molecule has 0 bridgehead atoms. The van der Waals surface area contributed by atoms with Crippen LogP contribution in [0.15, 0.2) is 40.9 Å². The molecule has 2 rings (SSSR count). The fourth-order valence-corrected chi connectivity index (χ4v) is 2.23. The molecule has 0 aliphatic heterocycles. The maximum atomic E-state index is 13.6. The third-order valence-corrected chi connectivity index (χ3v) is 3.41. The van der Waals surface area contributed by atoms with E-state index in [0.717, 1.165) is 5.56 Å². The number of hydrogen-bond donors (Lipinski definition) is 1. The van der Waals surface area contributed by atoms with E-state index in [0.29, 0.717) is 28.2 Å². The zero-order valence-electron chi connectivity index (χ0n) is 10.00. The Hall–Kier alpha value is -1.10. The lowest BCUT2D eigenvalue weighted by Gasteiger charge is -2.09. The molecule has 2 aromatic carbocycles. The van der Waals surface area contributed by atoms with Crippen LogP contribution in [0.3, 0.4) is 0 Å². The van der Waals surface area contributed by atoms with E-state index in [-0.39, 0.29) is 5.75 Å². The summed E-state index contributed by atoms with van der Waals surface area (Å²) in [4.78, 5) is 0. The largest absolute Gasteiger partial charge is 0.454 e. The Kier molecular flexibility index (Phi) is 4.80. The molecule has 2 aromatic rings. The van der Waals surface area contributed by atoms with Crippen molar-refractivity contribution in [2.45, 2.75) is 6.42 Å². The van der Waals surface area contributed by atoms with E-state index in [1.54, 1.807) is 24.3 Å². The van der Waals surface area contributed by atoms with Crippen molar-refractivity contribution in [3.05, 3.63) is 57.3 Å². The summed E-state index contributed by atoms with van der Waals surface area (Å²) in [5, 5.41) is 0.570. The highest BCUT2D eigenvalue weighted by Gasteiger charge is 2.07. The van der Waals surface area contributed by atoms with Crippen LogP contribution in [0.4, 0.5) is 4.39 Å². The summed E-state index contributed by atoms with van der Waals surface area (Å²) in [6.07, 6.45) is 0.700. The van der Waals surface area contributed by atoms with Crippen LogP contribution in [0.25, 0.3) is 0 Å². The van der Waals surface area contributed by atoms with Gasteiger partial charge in [0.15, 0.2) is 11.6 Å². The number of benzene rings is 2. The number of ether oxygens (including phenoxy) is 1. The van der Waals surface area contributed by atoms with Crippen molar-refractivity contribution in [2.24, 2.45) is 5.73 Å². The number of nitrogens with two attached hydrogens (primary N) is 1. The highest BCUT2D eigenvalue weighted by Crippen LogP contribution is 2.29. The van der Waals surface area contributed by atoms with Gasteiger partial charge in [-0.25, -0.2) is 4.39 Å². The summed E-state index contributed by atoms with van der Waals surface area (Å²) in [7, 11) is 0. The van der Waals surface area contributed by atoms with E-state index in [1.807, 2.05) is 6.07 Å². The first kappa shape index (κ1) is 14.3. The summed E-state index contributed by atoms with van der Waals surface area (Å²) in [5.74, 6) is 0.217. The van der Waals surface area contributed by atoms with Crippen molar-refractivity contribution < 1.29 is 9.13 Å². The van der Waals surface area contributed by atoms with Gasteiger partial charge in [-0.1, -0.05) is 33.6 Å². The fourth-order valence-electron chi connectivity index (χ4n) is 1.63. The Morgan fingerprint density at radius 1 is 1.21 bits per heavy atom. The first-order chi connectivity index (χ1) is 9.10. The fraction of sp³-hybridized carbons (Fsp3) is 0.143. The minimum atomic E-state index is -0.434. The summed E-state index contributed by atoms with van der Waals surface area (Å²) in [5.41, 5.74) is 6.43. The zero-order valence-corrected chi connectivity index (χ0v) is 12.3. The number of halogens is 3. The van der Waals surface area contributed by atoms with Crippen LogP contribution < -0.4 is 10.5 Å². The molecule has 0 heterocycles. The second-order valence-corrected chi connectivity index (χ2v) is 5.29. The molecule has 0 aromatic heterocycles. The Morgan fingerprint density at radius 2 is 2.00 bits per heavy atom. The van der Waals surface area contributed by atoms with Crippen molar-refractivity contribution in [1.82, 2.24) is 0 Å². The maximum Gasteiger partial charge on any atom is 0.166 e. The van der Waals surface area contributed by atoms with Gasteiger partial charge in [0.1, 0.15) is 5.75 Å². The average Bonchev–Trinajstić information content (AvgIpc) is 2.36. The molecule has 0 saturated carbocycles. The molecule has 0 atom stereocenters. The molecule has 0 radical (unpaired) electrons. The summed E-state index contributed by atoms with van der Waals surface area (Å²) in [6.45, 7) is 0.529. The smallest absolute Gasteiger partial charge is 0.166 e. The Balaban J connectivity index is 2.21. The van der Waals surface area contributed by atoms with Crippen LogP contribution in [0.2, 0.25) is 5.02 Å². The predicted octanol–water partition coefficient (Wildman–Crippen LogP) is 4.54. The van der Waals surface area contributed by atoms with Crippen molar-refractivity contribution in [3.63, 3.8) is 0 Å². The molecule has 5 heteroatoms. The van der Waals surface area contributed by atoms with E-state index in [9.17, 15) is 4.39 Å².